The molecule has 0 radical (unpaired) electrons. The zero-order valence-corrected chi connectivity index (χ0v) is 12.0. The molecule has 2 aromatic rings. The third-order valence-corrected chi connectivity index (χ3v) is 3.30. The Morgan fingerprint density at radius 2 is 2.20 bits per heavy atom. The minimum atomic E-state index is -0.242. The number of aliphatic hydroxyl groups excluding tert-OH is 1. The van der Waals surface area contributed by atoms with Gasteiger partial charge in [-0.15, -0.1) is 0 Å². The largest absolute Gasteiger partial charge is 0.495 e. The Labute approximate surface area is 121 Å². The van der Waals surface area contributed by atoms with Crippen LogP contribution < -0.4 is 10.3 Å². The minimum absolute atomic E-state index is 0.0840. The van der Waals surface area contributed by atoms with Gasteiger partial charge in [-0.2, -0.15) is 0 Å². The summed E-state index contributed by atoms with van der Waals surface area (Å²) < 4.78 is 5.08. The fraction of sp³-hybridized carbons (Fsp3) is 0.286. The number of aromatic amines is 1. The smallest absolute Gasteiger partial charge is 0.254 e. The maximum absolute atomic E-state index is 12.0. The first-order valence-electron chi connectivity index (χ1n) is 6.11. The highest BCUT2D eigenvalue weighted by molar-refractivity contribution is 6.32. The van der Waals surface area contributed by atoms with E-state index < -0.39 is 0 Å². The number of halogens is 1. The molecule has 0 saturated heterocycles. The van der Waals surface area contributed by atoms with Crippen molar-refractivity contribution < 1.29 is 9.84 Å². The van der Waals surface area contributed by atoms with E-state index in [0.29, 0.717) is 33.4 Å². The van der Waals surface area contributed by atoms with Gasteiger partial charge in [0.15, 0.2) is 0 Å². The van der Waals surface area contributed by atoms with Gasteiger partial charge in [-0.3, -0.25) is 4.79 Å². The van der Waals surface area contributed by atoms with Crippen LogP contribution in [0, 0.1) is 6.92 Å². The Morgan fingerprint density at radius 1 is 1.45 bits per heavy atom. The molecular formula is C14H15ClN2O3. The normalized spacial score (nSPS) is 10.6. The van der Waals surface area contributed by atoms with Crippen molar-refractivity contribution in [2.24, 2.45) is 0 Å². The molecular weight excluding hydrogens is 280 g/mol. The van der Waals surface area contributed by atoms with Crippen molar-refractivity contribution in [2.75, 3.05) is 13.7 Å². The minimum Gasteiger partial charge on any atom is -0.495 e. The van der Waals surface area contributed by atoms with Gasteiger partial charge in [-0.1, -0.05) is 11.6 Å². The molecule has 5 nitrogen and oxygen atoms in total. The van der Waals surface area contributed by atoms with E-state index in [0.717, 1.165) is 0 Å². The van der Waals surface area contributed by atoms with Crippen LogP contribution in [-0.2, 0) is 6.42 Å². The van der Waals surface area contributed by atoms with Crippen LogP contribution in [0.15, 0.2) is 23.0 Å². The van der Waals surface area contributed by atoms with Crippen LogP contribution in [0.5, 0.6) is 5.75 Å². The lowest BCUT2D eigenvalue weighted by atomic mass is 10.1. The molecule has 0 atom stereocenters. The Hall–Kier alpha value is -1.85. The monoisotopic (exact) mass is 294 g/mol. The van der Waals surface area contributed by atoms with E-state index in [9.17, 15) is 4.79 Å². The molecule has 106 valence electrons. The molecule has 0 aliphatic rings. The summed E-state index contributed by atoms with van der Waals surface area (Å²) in [5, 5.41) is 9.39. The van der Waals surface area contributed by atoms with Crippen molar-refractivity contribution in [3.8, 4) is 17.1 Å². The van der Waals surface area contributed by atoms with Crippen molar-refractivity contribution in [3.63, 3.8) is 0 Å². The number of nitrogens with one attached hydrogen (secondary N) is 1. The first-order chi connectivity index (χ1) is 9.56. The molecule has 0 fully saturated rings. The van der Waals surface area contributed by atoms with E-state index >= 15 is 0 Å². The van der Waals surface area contributed by atoms with Gasteiger partial charge in [-0.05, 0) is 25.1 Å². The molecule has 0 bridgehead atoms. The molecule has 1 aromatic carbocycles. The van der Waals surface area contributed by atoms with Crippen LogP contribution in [0.2, 0.25) is 5.02 Å². The van der Waals surface area contributed by atoms with E-state index in [-0.39, 0.29) is 18.6 Å². The molecule has 20 heavy (non-hydrogen) atoms. The summed E-state index contributed by atoms with van der Waals surface area (Å²) in [6.45, 7) is 1.66. The Bertz CT molecular complexity index is 683. The second kappa shape index (κ2) is 6.07. The van der Waals surface area contributed by atoms with Crippen LogP contribution >= 0.6 is 11.6 Å². The molecule has 1 aromatic heterocycles. The maximum Gasteiger partial charge on any atom is 0.254 e. The number of nitrogens with zero attached hydrogens (tertiary/aromatic N) is 1. The van der Waals surface area contributed by atoms with E-state index in [1.54, 1.807) is 25.1 Å². The fourth-order valence-corrected chi connectivity index (χ4v) is 2.22. The zero-order valence-electron chi connectivity index (χ0n) is 11.2. The summed E-state index contributed by atoms with van der Waals surface area (Å²) in [5.74, 6) is 1.00. The summed E-state index contributed by atoms with van der Waals surface area (Å²) in [6, 6.07) is 5.17. The third-order valence-electron chi connectivity index (χ3n) is 3.01. The summed E-state index contributed by atoms with van der Waals surface area (Å²) in [7, 11) is 1.54. The number of rotatable bonds is 4. The van der Waals surface area contributed by atoms with Crippen molar-refractivity contribution in [1.82, 2.24) is 9.97 Å². The van der Waals surface area contributed by atoms with Gasteiger partial charge in [0.1, 0.15) is 11.6 Å². The molecule has 0 aliphatic carbocycles. The topological polar surface area (TPSA) is 75.2 Å². The second-order valence-corrected chi connectivity index (χ2v) is 4.71. The predicted octanol–water partition coefficient (Wildman–Crippen LogP) is 1.94. The van der Waals surface area contributed by atoms with E-state index in [1.807, 2.05) is 0 Å². The number of hydrogen-bond acceptors (Lipinski definition) is 4. The van der Waals surface area contributed by atoms with Crippen LogP contribution in [0.1, 0.15) is 11.3 Å². The maximum atomic E-state index is 12.0. The highest BCUT2D eigenvalue weighted by Crippen LogP contribution is 2.28. The molecule has 0 amide bonds. The Balaban J connectivity index is 2.48. The van der Waals surface area contributed by atoms with Crippen molar-refractivity contribution in [2.45, 2.75) is 13.3 Å². The lowest BCUT2D eigenvalue weighted by molar-refractivity contribution is 0.298. The van der Waals surface area contributed by atoms with E-state index in [1.165, 1.54) is 7.11 Å². The molecule has 2 N–H and O–H groups in total. The van der Waals surface area contributed by atoms with Gasteiger partial charge in [0.05, 0.1) is 12.1 Å². The number of aryl methyl sites for hydroxylation is 1. The van der Waals surface area contributed by atoms with Gasteiger partial charge in [-0.25, -0.2) is 4.98 Å². The van der Waals surface area contributed by atoms with Crippen LogP contribution in [0.25, 0.3) is 11.4 Å². The zero-order chi connectivity index (χ0) is 14.7. The molecule has 2 rings (SSSR count). The van der Waals surface area contributed by atoms with Crippen LogP contribution in [-0.4, -0.2) is 28.8 Å². The van der Waals surface area contributed by atoms with Gasteiger partial charge in [0.2, 0.25) is 0 Å². The number of ether oxygens (including phenoxy) is 1. The molecule has 0 unspecified atom stereocenters. The average molecular weight is 295 g/mol. The molecule has 0 aliphatic heterocycles. The first-order valence-corrected chi connectivity index (χ1v) is 6.49. The predicted molar refractivity (Wildman–Crippen MR) is 77.4 cm³/mol. The van der Waals surface area contributed by atoms with Gasteiger partial charge < -0.3 is 14.8 Å². The SMILES string of the molecule is COc1ccc(-c2nc(C)c(CCO)c(=O)[nH]2)cc1Cl. The number of aromatic nitrogens is 2. The molecule has 1 heterocycles. The highest BCUT2D eigenvalue weighted by Gasteiger charge is 2.10. The third kappa shape index (κ3) is 2.84. The van der Waals surface area contributed by atoms with Crippen molar-refractivity contribution in [1.29, 1.82) is 0 Å². The van der Waals surface area contributed by atoms with E-state index in [4.69, 9.17) is 21.4 Å². The Kier molecular flexibility index (Phi) is 4.42. The number of hydrogen-bond donors (Lipinski definition) is 2. The average Bonchev–Trinajstić information content (AvgIpc) is 2.42. The number of benzene rings is 1. The van der Waals surface area contributed by atoms with E-state index in [2.05, 4.69) is 9.97 Å². The second-order valence-electron chi connectivity index (χ2n) is 4.30. The summed E-state index contributed by atoms with van der Waals surface area (Å²) in [5.41, 5.74) is 1.56. The van der Waals surface area contributed by atoms with Crippen molar-refractivity contribution in [3.05, 3.63) is 44.8 Å². The van der Waals surface area contributed by atoms with Crippen LogP contribution in [0.4, 0.5) is 0 Å². The summed E-state index contributed by atoms with van der Waals surface area (Å²) >= 11 is 6.06. The highest BCUT2D eigenvalue weighted by atomic mass is 35.5. The summed E-state index contributed by atoms with van der Waals surface area (Å²) in [4.78, 5) is 19.0. The number of H-pyrrole nitrogens is 1. The standard InChI is InChI=1S/C14H15ClN2O3/c1-8-10(5-6-18)14(19)17-13(16-8)9-3-4-12(20-2)11(15)7-9/h3-4,7,18H,5-6H2,1-2H3,(H,16,17,19). The molecule has 0 saturated carbocycles. The van der Waals surface area contributed by atoms with Gasteiger partial charge >= 0.3 is 0 Å². The van der Waals surface area contributed by atoms with Gasteiger partial charge in [0, 0.05) is 29.8 Å². The summed E-state index contributed by atoms with van der Waals surface area (Å²) in [6.07, 6.45) is 0.289. The Morgan fingerprint density at radius 3 is 2.75 bits per heavy atom. The van der Waals surface area contributed by atoms with Crippen molar-refractivity contribution >= 4 is 11.6 Å². The number of aliphatic hydroxyl groups is 1. The molecule has 6 heteroatoms. The fourth-order valence-electron chi connectivity index (χ4n) is 1.97. The number of methoxy groups -OCH3 is 1. The lowest BCUT2D eigenvalue weighted by Gasteiger charge is -2.08. The first kappa shape index (κ1) is 14.6. The van der Waals surface area contributed by atoms with Crippen LogP contribution in [0.3, 0.4) is 0 Å². The van der Waals surface area contributed by atoms with Gasteiger partial charge in [0.25, 0.3) is 5.56 Å². The lowest BCUT2D eigenvalue weighted by Crippen LogP contribution is -2.18. The quantitative estimate of drug-likeness (QED) is 0.903. The molecule has 0 spiro atoms.